The quantitative estimate of drug-likeness (QED) is 0.301. The highest BCUT2D eigenvalue weighted by molar-refractivity contribution is 7.80. The predicted molar refractivity (Wildman–Crippen MR) is 68.2 cm³/mol. The van der Waals surface area contributed by atoms with Gasteiger partial charge in [-0.05, 0) is 26.0 Å². The second-order valence-electron chi connectivity index (χ2n) is 3.49. The Kier molecular flexibility index (Phi) is 10.3. The van der Waals surface area contributed by atoms with Crippen molar-refractivity contribution in [2.24, 2.45) is 0 Å². The maximum absolute atomic E-state index is 9.22. The standard InChI is InChI=1S/C10H20N.CH4O4S/c1-5-9-11(7-3,8-4)10-6-2;1-5-6(2,3)4/h5-6H,1-2,7-10H2,3-4H3;1H3,(H,2,3,4)/q+1;/p-1. The van der Waals surface area contributed by atoms with E-state index in [1.165, 1.54) is 0 Å². The molecule has 0 unspecified atom stereocenters. The number of rotatable bonds is 7. The van der Waals surface area contributed by atoms with E-state index >= 15 is 0 Å². The molecule has 0 saturated carbocycles. The molecule has 0 aliphatic carbocycles. The van der Waals surface area contributed by atoms with Gasteiger partial charge in [-0.15, -0.1) is 0 Å². The Hall–Kier alpha value is -0.690. The molecule has 0 aliphatic heterocycles. The number of quaternary nitrogens is 1. The first-order chi connectivity index (χ1) is 7.80. The molecule has 0 aliphatic rings. The monoisotopic (exact) mass is 265 g/mol. The van der Waals surface area contributed by atoms with Crippen LogP contribution in [-0.4, -0.2) is 50.7 Å². The van der Waals surface area contributed by atoms with E-state index in [9.17, 15) is 13.0 Å². The third-order valence-electron chi connectivity index (χ3n) is 2.58. The number of hydrogen-bond acceptors (Lipinski definition) is 4. The van der Waals surface area contributed by atoms with Crippen molar-refractivity contribution in [1.82, 2.24) is 0 Å². The van der Waals surface area contributed by atoms with Gasteiger partial charge in [-0.1, -0.05) is 13.2 Å². The Morgan fingerprint density at radius 1 is 1.18 bits per heavy atom. The van der Waals surface area contributed by atoms with Crippen molar-refractivity contribution in [3.05, 3.63) is 25.3 Å². The fraction of sp³-hybridized carbons (Fsp3) is 0.636. The molecule has 0 N–H and O–H groups in total. The highest BCUT2D eigenvalue weighted by Crippen LogP contribution is 2.05. The number of nitrogens with zero attached hydrogens (tertiary/aromatic N) is 1. The first-order valence-corrected chi connectivity index (χ1v) is 6.72. The second kappa shape index (κ2) is 9.35. The van der Waals surface area contributed by atoms with Gasteiger partial charge in [0.2, 0.25) is 10.4 Å². The minimum Gasteiger partial charge on any atom is -0.726 e. The summed E-state index contributed by atoms with van der Waals surface area (Å²) < 4.78 is 32.1. The van der Waals surface area contributed by atoms with Gasteiger partial charge in [-0.3, -0.25) is 4.18 Å². The first-order valence-electron chi connectivity index (χ1n) is 5.39. The summed E-state index contributed by atoms with van der Waals surface area (Å²) in [5.74, 6) is 0. The summed E-state index contributed by atoms with van der Waals surface area (Å²) >= 11 is 0. The van der Waals surface area contributed by atoms with E-state index in [1.54, 1.807) is 0 Å². The van der Waals surface area contributed by atoms with Gasteiger partial charge in [-0.25, -0.2) is 8.42 Å². The van der Waals surface area contributed by atoms with E-state index in [2.05, 4.69) is 31.2 Å². The summed E-state index contributed by atoms with van der Waals surface area (Å²) in [5.41, 5.74) is 0. The molecule has 0 heterocycles. The molecule has 5 nitrogen and oxygen atoms in total. The fourth-order valence-electron chi connectivity index (χ4n) is 1.36. The summed E-state index contributed by atoms with van der Waals surface area (Å²) in [5, 5.41) is 0. The van der Waals surface area contributed by atoms with Crippen molar-refractivity contribution >= 4 is 10.4 Å². The van der Waals surface area contributed by atoms with E-state index in [1.807, 2.05) is 12.2 Å². The molecular formula is C11H23NO4S. The zero-order chi connectivity index (χ0) is 13.9. The lowest BCUT2D eigenvalue weighted by Gasteiger charge is -2.34. The molecule has 0 spiro atoms. The maximum Gasteiger partial charge on any atom is 0.217 e. The van der Waals surface area contributed by atoms with E-state index in [0.717, 1.165) is 37.8 Å². The third kappa shape index (κ3) is 10.2. The molecule has 0 saturated heterocycles. The van der Waals surface area contributed by atoms with Crippen LogP contribution < -0.4 is 0 Å². The van der Waals surface area contributed by atoms with E-state index in [4.69, 9.17) is 0 Å². The zero-order valence-corrected chi connectivity index (χ0v) is 11.7. The van der Waals surface area contributed by atoms with Gasteiger partial charge in [0.1, 0.15) is 0 Å². The highest BCUT2D eigenvalue weighted by atomic mass is 32.3. The maximum atomic E-state index is 9.22. The Balaban J connectivity index is 0. The Labute approximate surface area is 105 Å². The molecular weight excluding hydrogens is 242 g/mol. The third-order valence-corrected chi connectivity index (χ3v) is 2.99. The van der Waals surface area contributed by atoms with E-state index < -0.39 is 10.4 Å². The predicted octanol–water partition coefficient (Wildman–Crippen LogP) is 1.31. The SMILES string of the molecule is C=CC[N+](CC)(CC)CC=C.COS(=O)(=O)[O-]. The minimum absolute atomic E-state index is 0.808. The molecule has 0 aromatic carbocycles. The lowest BCUT2D eigenvalue weighted by atomic mass is 10.3. The number of hydrogen-bond donors (Lipinski definition) is 0. The fourth-order valence-corrected chi connectivity index (χ4v) is 1.36. The van der Waals surface area contributed by atoms with Crippen LogP contribution in [0.15, 0.2) is 25.3 Å². The molecule has 0 bridgehead atoms. The second-order valence-corrected chi connectivity index (χ2v) is 4.64. The molecule has 17 heavy (non-hydrogen) atoms. The van der Waals surface area contributed by atoms with Crippen LogP contribution in [0.4, 0.5) is 0 Å². The van der Waals surface area contributed by atoms with Gasteiger partial charge in [0, 0.05) is 0 Å². The van der Waals surface area contributed by atoms with Gasteiger partial charge >= 0.3 is 0 Å². The van der Waals surface area contributed by atoms with Crippen LogP contribution in [0.5, 0.6) is 0 Å². The summed E-state index contributed by atoms with van der Waals surface area (Å²) in [4.78, 5) is 0. The molecule has 6 heteroatoms. The van der Waals surface area contributed by atoms with Crippen LogP contribution in [0, 0.1) is 0 Å². The van der Waals surface area contributed by atoms with E-state index in [-0.39, 0.29) is 0 Å². The van der Waals surface area contributed by atoms with Gasteiger partial charge < -0.3 is 9.04 Å². The molecule has 0 radical (unpaired) electrons. The van der Waals surface area contributed by atoms with Crippen LogP contribution >= 0.6 is 0 Å². The Bertz CT molecular complexity index is 295. The van der Waals surface area contributed by atoms with Crippen LogP contribution in [0.2, 0.25) is 0 Å². The van der Waals surface area contributed by atoms with Crippen molar-refractivity contribution in [3.8, 4) is 0 Å². The van der Waals surface area contributed by atoms with Crippen molar-refractivity contribution in [3.63, 3.8) is 0 Å². The topological polar surface area (TPSA) is 66.4 Å². The zero-order valence-electron chi connectivity index (χ0n) is 10.9. The van der Waals surface area contributed by atoms with Gasteiger partial charge in [-0.2, -0.15) is 0 Å². The molecule has 0 amide bonds. The Morgan fingerprint density at radius 3 is 1.59 bits per heavy atom. The molecule has 102 valence electrons. The van der Waals surface area contributed by atoms with Crippen molar-refractivity contribution in [1.29, 1.82) is 0 Å². The Morgan fingerprint density at radius 2 is 1.47 bits per heavy atom. The summed E-state index contributed by atoms with van der Waals surface area (Å²) in [6.45, 7) is 16.4. The average Bonchev–Trinajstić information content (AvgIpc) is 2.28. The van der Waals surface area contributed by atoms with Gasteiger partial charge in [0.25, 0.3) is 0 Å². The lowest BCUT2D eigenvalue weighted by Crippen LogP contribution is -2.47. The highest BCUT2D eigenvalue weighted by Gasteiger charge is 2.18. The van der Waals surface area contributed by atoms with Crippen molar-refractivity contribution < 1.29 is 21.6 Å². The normalized spacial score (nSPS) is 11.3. The summed E-state index contributed by atoms with van der Waals surface area (Å²) in [6, 6.07) is 0. The van der Waals surface area contributed by atoms with Crippen LogP contribution in [0.25, 0.3) is 0 Å². The van der Waals surface area contributed by atoms with Crippen LogP contribution in [0.1, 0.15) is 13.8 Å². The molecule has 0 aromatic heterocycles. The van der Waals surface area contributed by atoms with Crippen LogP contribution in [-0.2, 0) is 14.6 Å². The molecule has 0 aromatic rings. The molecule has 0 atom stereocenters. The van der Waals surface area contributed by atoms with Crippen molar-refractivity contribution in [2.45, 2.75) is 13.8 Å². The van der Waals surface area contributed by atoms with Crippen molar-refractivity contribution in [2.75, 3.05) is 33.3 Å². The lowest BCUT2D eigenvalue weighted by molar-refractivity contribution is -0.914. The van der Waals surface area contributed by atoms with Crippen LogP contribution in [0.3, 0.4) is 0 Å². The number of likely N-dealkylation sites (N-methyl/N-ethyl adjacent to an activating group) is 1. The average molecular weight is 265 g/mol. The van der Waals surface area contributed by atoms with Gasteiger partial charge in [0.15, 0.2) is 0 Å². The largest absolute Gasteiger partial charge is 0.726 e. The molecule has 0 fully saturated rings. The van der Waals surface area contributed by atoms with E-state index in [0.29, 0.717) is 0 Å². The summed E-state index contributed by atoms with van der Waals surface area (Å²) in [7, 11) is -3.60. The minimum atomic E-state index is -4.41. The smallest absolute Gasteiger partial charge is 0.217 e. The first kappa shape index (κ1) is 18.7. The molecule has 0 rings (SSSR count). The summed E-state index contributed by atoms with van der Waals surface area (Å²) in [6.07, 6.45) is 3.99. The van der Waals surface area contributed by atoms with Gasteiger partial charge in [0.05, 0.1) is 33.3 Å².